The summed E-state index contributed by atoms with van der Waals surface area (Å²) in [6.07, 6.45) is 1.87. The van der Waals surface area contributed by atoms with Crippen molar-refractivity contribution in [3.8, 4) is 5.75 Å². The molecule has 2 aromatic rings. The van der Waals surface area contributed by atoms with Crippen molar-refractivity contribution in [2.75, 3.05) is 31.4 Å². The molecule has 0 radical (unpaired) electrons. The first-order chi connectivity index (χ1) is 9.52. The van der Waals surface area contributed by atoms with E-state index >= 15 is 0 Å². The number of aromatic nitrogens is 2. The summed E-state index contributed by atoms with van der Waals surface area (Å²) in [5.41, 5.74) is 2.06. The second kappa shape index (κ2) is 6.05. The van der Waals surface area contributed by atoms with Gasteiger partial charge in [0, 0.05) is 32.9 Å². The number of nitrogens with zero attached hydrogens (tertiary/aromatic N) is 3. The average molecular weight is 295 g/mol. The number of imidazole rings is 1. The van der Waals surface area contributed by atoms with Crippen LogP contribution in [0.3, 0.4) is 0 Å². The van der Waals surface area contributed by atoms with E-state index in [0.29, 0.717) is 17.3 Å². The van der Waals surface area contributed by atoms with Crippen LogP contribution in [0.2, 0.25) is 5.02 Å². The van der Waals surface area contributed by atoms with Gasteiger partial charge in [-0.25, -0.2) is 4.98 Å². The van der Waals surface area contributed by atoms with Crippen LogP contribution in [-0.4, -0.2) is 30.8 Å². The predicted molar refractivity (Wildman–Crippen MR) is 82.9 cm³/mol. The minimum Gasteiger partial charge on any atom is -0.495 e. The molecule has 0 spiro atoms. The van der Waals surface area contributed by atoms with Gasteiger partial charge >= 0.3 is 0 Å². The first kappa shape index (κ1) is 14.5. The van der Waals surface area contributed by atoms with Crippen molar-refractivity contribution in [1.29, 1.82) is 0 Å². The van der Waals surface area contributed by atoms with Crippen LogP contribution >= 0.6 is 11.6 Å². The standard InChI is InChI=1S/C14H19ClN4O/c1-18(2)14-17-9-11(19(14)3)8-16-10-5-6-12(15)13(7-10)20-4/h5-7,9,16H,8H2,1-4H3. The lowest BCUT2D eigenvalue weighted by Crippen LogP contribution is -2.15. The third-order valence-corrected chi connectivity index (χ3v) is 3.40. The minimum absolute atomic E-state index is 0.605. The first-order valence-electron chi connectivity index (χ1n) is 6.28. The van der Waals surface area contributed by atoms with E-state index in [1.165, 1.54) is 0 Å². The summed E-state index contributed by atoms with van der Waals surface area (Å²) in [5, 5.41) is 3.94. The highest BCUT2D eigenvalue weighted by atomic mass is 35.5. The molecule has 0 amide bonds. The summed E-state index contributed by atoms with van der Waals surface area (Å²) in [7, 11) is 7.56. The molecule has 0 bridgehead atoms. The van der Waals surface area contributed by atoms with Gasteiger partial charge in [-0.1, -0.05) is 11.6 Å². The third-order valence-electron chi connectivity index (χ3n) is 3.08. The minimum atomic E-state index is 0.605. The van der Waals surface area contributed by atoms with Crippen LogP contribution in [0.25, 0.3) is 0 Å². The van der Waals surface area contributed by atoms with Gasteiger partial charge in [0.05, 0.1) is 30.6 Å². The summed E-state index contributed by atoms with van der Waals surface area (Å²) in [6.45, 7) is 0.683. The predicted octanol–water partition coefficient (Wildman–Crippen LogP) is 2.76. The first-order valence-corrected chi connectivity index (χ1v) is 6.66. The molecule has 0 unspecified atom stereocenters. The van der Waals surface area contributed by atoms with Gasteiger partial charge in [-0.2, -0.15) is 0 Å². The fraction of sp³-hybridized carbons (Fsp3) is 0.357. The van der Waals surface area contributed by atoms with Gasteiger partial charge < -0.3 is 19.5 Å². The van der Waals surface area contributed by atoms with Crippen LogP contribution in [0.5, 0.6) is 5.75 Å². The fourth-order valence-corrected chi connectivity index (χ4v) is 2.17. The Morgan fingerprint density at radius 1 is 1.40 bits per heavy atom. The van der Waals surface area contributed by atoms with Gasteiger partial charge in [0.15, 0.2) is 0 Å². The van der Waals surface area contributed by atoms with Gasteiger partial charge in [-0.15, -0.1) is 0 Å². The summed E-state index contributed by atoms with van der Waals surface area (Å²) in [4.78, 5) is 6.36. The number of ether oxygens (including phenoxy) is 1. The Bertz CT molecular complexity index is 595. The maximum absolute atomic E-state index is 6.00. The van der Waals surface area contributed by atoms with E-state index in [1.54, 1.807) is 7.11 Å². The van der Waals surface area contributed by atoms with Gasteiger partial charge in [-0.3, -0.25) is 0 Å². The Kier molecular flexibility index (Phi) is 4.39. The summed E-state index contributed by atoms with van der Waals surface area (Å²) in [6, 6.07) is 5.62. The second-order valence-corrected chi connectivity index (χ2v) is 5.11. The molecule has 1 aromatic carbocycles. The molecular weight excluding hydrogens is 276 g/mol. The van der Waals surface area contributed by atoms with Crippen molar-refractivity contribution in [3.05, 3.63) is 35.1 Å². The van der Waals surface area contributed by atoms with E-state index < -0.39 is 0 Å². The molecule has 0 aliphatic heterocycles. The Hall–Kier alpha value is -1.88. The van der Waals surface area contributed by atoms with Gasteiger partial charge in [0.2, 0.25) is 5.95 Å². The van der Waals surface area contributed by atoms with Crippen LogP contribution < -0.4 is 15.0 Å². The average Bonchev–Trinajstić information content (AvgIpc) is 2.79. The molecule has 0 atom stereocenters. The lowest BCUT2D eigenvalue weighted by molar-refractivity contribution is 0.415. The molecule has 0 saturated heterocycles. The summed E-state index contributed by atoms with van der Waals surface area (Å²) >= 11 is 6.00. The number of benzene rings is 1. The molecule has 6 heteroatoms. The molecular formula is C14H19ClN4O. The molecule has 1 heterocycles. The quantitative estimate of drug-likeness (QED) is 0.921. The molecule has 0 aliphatic rings. The molecule has 5 nitrogen and oxygen atoms in total. The number of hydrogen-bond acceptors (Lipinski definition) is 4. The lowest BCUT2D eigenvalue weighted by atomic mass is 10.3. The van der Waals surface area contributed by atoms with Crippen LogP contribution in [0.15, 0.2) is 24.4 Å². The van der Waals surface area contributed by atoms with E-state index in [9.17, 15) is 0 Å². The highest BCUT2D eigenvalue weighted by Gasteiger charge is 2.08. The zero-order chi connectivity index (χ0) is 14.7. The Labute approximate surface area is 124 Å². The smallest absolute Gasteiger partial charge is 0.204 e. The Balaban J connectivity index is 2.09. The van der Waals surface area contributed by atoms with Gasteiger partial charge in [0.25, 0.3) is 0 Å². The third kappa shape index (κ3) is 2.99. The number of nitrogens with one attached hydrogen (secondary N) is 1. The maximum Gasteiger partial charge on any atom is 0.204 e. The fourth-order valence-electron chi connectivity index (χ4n) is 1.98. The molecule has 1 N–H and O–H groups in total. The normalized spacial score (nSPS) is 10.4. The maximum atomic E-state index is 6.00. The van der Waals surface area contributed by atoms with Crippen molar-refractivity contribution in [1.82, 2.24) is 9.55 Å². The van der Waals surface area contributed by atoms with E-state index in [-0.39, 0.29) is 0 Å². The summed E-state index contributed by atoms with van der Waals surface area (Å²) in [5.74, 6) is 1.59. The van der Waals surface area contributed by atoms with Crippen molar-refractivity contribution in [2.45, 2.75) is 6.54 Å². The van der Waals surface area contributed by atoms with Crippen LogP contribution in [-0.2, 0) is 13.6 Å². The van der Waals surface area contributed by atoms with E-state index in [4.69, 9.17) is 16.3 Å². The number of halogens is 1. The van der Waals surface area contributed by atoms with Crippen molar-refractivity contribution in [2.24, 2.45) is 7.05 Å². The SMILES string of the molecule is COc1cc(NCc2cnc(N(C)C)n2C)ccc1Cl. The monoisotopic (exact) mass is 294 g/mol. The number of rotatable bonds is 5. The van der Waals surface area contributed by atoms with Gasteiger partial charge in [-0.05, 0) is 12.1 Å². The molecule has 108 valence electrons. The second-order valence-electron chi connectivity index (χ2n) is 4.71. The van der Waals surface area contributed by atoms with Crippen LogP contribution in [0.4, 0.5) is 11.6 Å². The highest BCUT2D eigenvalue weighted by Crippen LogP contribution is 2.27. The van der Waals surface area contributed by atoms with Crippen molar-refractivity contribution >= 4 is 23.2 Å². The van der Waals surface area contributed by atoms with Crippen LogP contribution in [0.1, 0.15) is 5.69 Å². The van der Waals surface area contributed by atoms with Gasteiger partial charge in [0.1, 0.15) is 5.75 Å². The number of methoxy groups -OCH3 is 1. The highest BCUT2D eigenvalue weighted by molar-refractivity contribution is 6.32. The zero-order valence-electron chi connectivity index (χ0n) is 12.1. The van der Waals surface area contributed by atoms with E-state index in [0.717, 1.165) is 17.3 Å². The Morgan fingerprint density at radius 3 is 2.75 bits per heavy atom. The lowest BCUT2D eigenvalue weighted by Gasteiger charge is -2.13. The number of hydrogen-bond donors (Lipinski definition) is 1. The summed E-state index contributed by atoms with van der Waals surface area (Å²) < 4.78 is 7.26. The van der Waals surface area contributed by atoms with E-state index in [2.05, 4.69) is 14.9 Å². The van der Waals surface area contributed by atoms with E-state index in [1.807, 2.05) is 50.4 Å². The molecule has 20 heavy (non-hydrogen) atoms. The zero-order valence-corrected chi connectivity index (χ0v) is 12.9. The van der Waals surface area contributed by atoms with Crippen molar-refractivity contribution < 1.29 is 4.74 Å². The molecule has 0 aliphatic carbocycles. The molecule has 0 saturated carbocycles. The molecule has 0 fully saturated rings. The Morgan fingerprint density at radius 2 is 2.15 bits per heavy atom. The number of anilines is 2. The molecule has 1 aromatic heterocycles. The largest absolute Gasteiger partial charge is 0.495 e. The topological polar surface area (TPSA) is 42.3 Å². The molecule has 2 rings (SSSR count). The van der Waals surface area contributed by atoms with Crippen LogP contribution in [0, 0.1) is 0 Å². The van der Waals surface area contributed by atoms with Crippen molar-refractivity contribution in [3.63, 3.8) is 0 Å².